The number of rotatable bonds is 7. The van der Waals surface area contributed by atoms with Crippen LogP contribution in [0.15, 0.2) is 45.5 Å². The predicted molar refractivity (Wildman–Crippen MR) is 84.2 cm³/mol. The van der Waals surface area contributed by atoms with E-state index in [4.69, 9.17) is 4.42 Å². The minimum atomic E-state index is -0.343. The average molecular weight is 353 g/mol. The summed E-state index contributed by atoms with van der Waals surface area (Å²) in [7, 11) is 0. The summed E-state index contributed by atoms with van der Waals surface area (Å²) in [5, 5.41) is 14.5. The third-order valence-corrected chi connectivity index (χ3v) is 3.62. The molecule has 5 nitrogen and oxygen atoms in total. The van der Waals surface area contributed by atoms with Crippen LogP contribution in [0.2, 0.25) is 0 Å². The van der Waals surface area contributed by atoms with E-state index in [1.165, 1.54) is 6.07 Å². The molecule has 0 amide bonds. The number of hydrogen-bond donors (Lipinski definition) is 1. The number of nitrogens with one attached hydrogen (secondary N) is 1. The Kier molecular flexibility index (Phi) is 5.52. The van der Waals surface area contributed by atoms with Gasteiger partial charge in [-0.25, -0.2) is 0 Å². The minimum Gasteiger partial charge on any atom is -0.453 e. The van der Waals surface area contributed by atoms with E-state index < -0.39 is 0 Å². The van der Waals surface area contributed by atoms with Gasteiger partial charge in [-0.2, -0.15) is 0 Å². The lowest BCUT2D eigenvalue weighted by Gasteiger charge is -2.16. The van der Waals surface area contributed by atoms with Crippen molar-refractivity contribution >= 4 is 21.6 Å². The summed E-state index contributed by atoms with van der Waals surface area (Å²) in [6, 6.07) is 10.4. The van der Waals surface area contributed by atoms with Gasteiger partial charge in [-0.05, 0) is 41.0 Å². The first kappa shape index (κ1) is 15.7. The molecule has 112 valence electrons. The zero-order valence-electron chi connectivity index (χ0n) is 11.7. The van der Waals surface area contributed by atoms with Gasteiger partial charge in [0, 0.05) is 18.1 Å². The maximum absolute atomic E-state index is 11.1. The number of para-hydroxylation sites is 1. The van der Waals surface area contributed by atoms with E-state index in [-0.39, 0.29) is 16.7 Å². The highest BCUT2D eigenvalue weighted by molar-refractivity contribution is 9.10. The van der Waals surface area contributed by atoms with Crippen molar-refractivity contribution in [2.75, 3.05) is 6.54 Å². The number of halogens is 1. The van der Waals surface area contributed by atoms with Crippen molar-refractivity contribution < 1.29 is 9.34 Å². The van der Waals surface area contributed by atoms with Crippen LogP contribution >= 0.6 is 15.9 Å². The number of nitrogens with zero attached hydrogens (tertiary/aromatic N) is 1. The molecule has 1 aromatic heterocycles. The van der Waals surface area contributed by atoms with Gasteiger partial charge in [0.05, 0.1) is 11.0 Å². The molecule has 21 heavy (non-hydrogen) atoms. The van der Waals surface area contributed by atoms with Crippen LogP contribution in [0.4, 0.5) is 5.69 Å². The summed E-state index contributed by atoms with van der Waals surface area (Å²) in [6.07, 6.45) is 1.49. The summed E-state index contributed by atoms with van der Waals surface area (Å²) >= 11 is 3.29. The van der Waals surface area contributed by atoms with Crippen LogP contribution in [-0.4, -0.2) is 11.5 Å². The molecule has 0 spiro atoms. The zero-order valence-corrected chi connectivity index (χ0v) is 13.3. The molecular formula is C15H17BrN2O3. The van der Waals surface area contributed by atoms with Gasteiger partial charge in [0.25, 0.3) is 5.69 Å². The van der Waals surface area contributed by atoms with Crippen molar-refractivity contribution in [2.24, 2.45) is 0 Å². The fourth-order valence-electron chi connectivity index (χ4n) is 2.19. The van der Waals surface area contributed by atoms with E-state index in [0.717, 1.165) is 18.7 Å². The predicted octanol–water partition coefficient (Wildman–Crippen LogP) is 4.23. The van der Waals surface area contributed by atoms with Crippen LogP contribution in [0.5, 0.6) is 0 Å². The molecule has 6 heteroatoms. The van der Waals surface area contributed by atoms with Gasteiger partial charge < -0.3 is 9.73 Å². The third kappa shape index (κ3) is 4.15. The summed E-state index contributed by atoms with van der Waals surface area (Å²) in [6.45, 7) is 2.90. The van der Waals surface area contributed by atoms with Crippen molar-refractivity contribution in [3.63, 3.8) is 0 Å². The summed E-state index contributed by atoms with van der Waals surface area (Å²) in [4.78, 5) is 10.8. The van der Waals surface area contributed by atoms with Crippen molar-refractivity contribution in [3.05, 3.63) is 62.5 Å². The fourth-order valence-corrected chi connectivity index (χ4v) is 2.51. The highest BCUT2D eigenvalue weighted by atomic mass is 79.9. The number of hydrogen-bond acceptors (Lipinski definition) is 4. The first-order valence-electron chi connectivity index (χ1n) is 6.82. The molecule has 0 radical (unpaired) electrons. The van der Waals surface area contributed by atoms with Crippen molar-refractivity contribution in [2.45, 2.75) is 25.8 Å². The number of furan rings is 1. The highest BCUT2D eigenvalue weighted by Crippen LogP contribution is 2.27. The Bertz CT molecular complexity index is 612. The Morgan fingerprint density at radius 2 is 2.10 bits per heavy atom. The quantitative estimate of drug-likeness (QED) is 0.597. The van der Waals surface area contributed by atoms with E-state index in [2.05, 4.69) is 28.2 Å². The topological polar surface area (TPSA) is 68.3 Å². The molecule has 0 fully saturated rings. The molecule has 0 saturated heterocycles. The second-order valence-corrected chi connectivity index (χ2v) is 5.52. The zero-order chi connectivity index (χ0) is 15.2. The molecule has 0 bridgehead atoms. The van der Waals surface area contributed by atoms with E-state index in [1.54, 1.807) is 12.1 Å². The monoisotopic (exact) mass is 352 g/mol. The summed E-state index contributed by atoms with van der Waals surface area (Å²) in [5.74, 6) is 0.772. The molecule has 0 aliphatic rings. The number of nitro groups is 1. The van der Waals surface area contributed by atoms with Crippen LogP contribution in [0.3, 0.4) is 0 Å². The summed E-state index contributed by atoms with van der Waals surface area (Å²) in [5.41, 5.74) is 0.843. The van der Waals surface area contributed by atoms with E-state index in [9.17, 15) is 10.1 Å². The fraction of sp³-hybridized carbons (Fsp3) is 0.333. The second kappa shape index (κ2) is 7.38. The van der Waals surface area contributed by atoms with Gasteiger partial charge in [-0.1, -0.05) is 25.1 Å². The number of benzene rings is 1. The van der Waals surface area contributed by atoms with Crippen LogP contribution in [0.25, 0.3) is 0 Å². The Morgan fingerprint density at radius 1 is 1.33 bits per heavy atom. The molecule has 1 unspecified atom stereocenters. The molecule has 0 saturated carbocycles. The van der Waals surface area contributed by atoms with Crippen LogP contribution < -0.4 is 5.32 Å². The van der Waals surface area contributed by atoms with Crippen LogP contribution in [0.1, 0.15) is 30.7 Å². The molecule has 1 N–H and O–H groups in total. The number of nitro benzene ring substituents is 1. The molecular weight excluding hydrogens is 336 g/mol. The molecule has 0 aliphatic carbocycles. The Labute approximate surface area is 131 Å². The normalized spacial score (nSPS) is 12.3. The highest BCUT2D eigenvalue weighted by Gasteiger charge is 2.20. The van der Waals surface area contributed by atoms with Crippen molar-refractivity contribution in [1.29, 1.82) is 0 Å². The van der Waals surface area contributed by atoms with E-state index >= 15 is 0 Å². The molecule has 2 aromatic rings. The Hall–Kier alpha value is -1.66. The lowest BCUT2D eigenvalue weighted by molar-refractivity contribution is -0.385. The van der Waals surface area contributed by atoms with E-state index in [1.807, 2.05) is 18.2 Å². The maximum Gasteiger partial charge on any atom is 0.272 e. The van der Waals surface area contributed by atoms with Crippen LogP contribution in [0, 0.1) is 10.1 Å². The lowest BCUT2D eigenvalue weighted by Crippen LogP contribution is -2.24. The largest absolute Gasteiger partial charge is 0.453 e. The van der Waals surface area contributed by atoms with Gasteiger partial charge in [-0.3, -0.25) is 10.1 Å². The van der Waals surface area contributed by atoms with Gasteiger partial charge in [0.1, 0.15) is 5.76 Å². The SMILES string of the molecule is CCCNC(Cc1ccccc1[N+](=O)[O-])c1ccc(Br)o1. The lowest BCUT2D eigenvalue weighted by atomic mass is 10.0. The third-order valence-electron chi connectivity index (χ3n) is 3.19. The summed E-state index contributed by atoms with van der Waals surface area (Å²) < 4.78 is 6.26. The Morgan fingerprint density at radius 3 is 2.71 bits per heavy atom. The molecule has 1 heterocycles. The Balaban J connectivity index is 2.24. The maximum atomic E-state index is 11.1. The first-order chi connectivity index (χ1) is 10.1. The first-order valence-corrected chi connectivity index (χ1v) is 7.62. The average Bonchev–Trinajstić information content (AvgIpc) is 2.90. The molecule has 0 aliphatic heterocycles. The van der Waals surface area contributed by atoms with Crippen molar-refractivity contribution in [3.8, 4) is 0 Å². The van der Waals surface area contributed by atoms with Gasteiger partial charge in [0.2, 0.25) is 0 Å². The molecule has 1 atom stereocenters. The van der Waals surface area contributed by atoms with E-state index in [0.29, 0.717) is 16.7 Å². The van der Waals surface area contributed by atoms with Gasteiger partial charge in [0.15, 0.2) is 4.67 Å². The molecule has 2 rings (SSSR count). The van der Waals surface area contributed by atoms with Crippen molar-refractivity contribution in [1.82, 2.24) is 5.32 Å². The standard InChI is InChI=1S/C15H17BrN2O3/c1-2-9-17-12(14-7-8-15(16)21-14)10-11-5-3-4-6-13(11)18(19)20/h3-8,12,17H,2,9-10H2,1H3. The smallest absolute Gasteiger partial charge is 0.272 e. The minimum absolute atomic E-state index is 0.0858. The van der Waals surface area contributed by atoms with Gasteiger partial charge >= 0.3 is 0 Å². The van der Waals surface area contributed by atoms with Crippen LogP contribution in [-0.2, 0) is 6.42 Å². The molecule has 1 aromatic carbocycles. The second-order valence-electron chi connectivity index (χ2n) is 4.74. The van der Waals surface area contributed by atoms with Gasteiger partial charge in [-0.15, -0.1) is 0 Å².